The molecule has 0 saturated carbocycles. The molecule has 1 radical (unpaired) electrons. The Labute approximate surface area is 133 Å². The molecule has 0 bridgehead atoms. The van der Waals surface area contributed by atoms with E-state index in [1.807, 2.05) is 0 Å². The van der Waals surface area contributed by atoms with Gasteiger partial charge in [-0.05, 0) is 0 Å². The zero-order chi connectivity index (χ0) is 13.5. The first kappa shape index (κ1) is 31.2. The van der Waals surface area contributed by atoms with Gasteiger partial charge in [0.1, 0.15) is 0 Å². The molecule has 0 aromatic carbocycles. The monoisotopic (exact) mass is 455 g/mol. The summed E-state index contributed by atoms with van der Waals surface area (Å²) in [5.41, 5.74) is 0. The van der Waals surface area contributed by atoms with Crippen LogP contribution in [0.25, 0.3) is 0 Å². The summed E-state index contributed by atoms with van der Waals surface area (Å²) in [6.07, 6.45) is 0. The molecule has 105 valence electrons. The fourth-order valence-corrected chi connectivity index (χ4v) is 0. The second-order valence-corrected chi connectivity index (χ2v) is 3.40. The van der Waals surface area contributed by atoms with Gasteiger partial charge in [-0.1, -0.05) is 0 Å². The van der Waals surface area contributed by atoms with Crippen LogP contribution in [0.15, 0.2) is 0 Å². The van der Waals surface area contributed by atoms with Crippen molar-refractivity contribution in [2.24, 2.45) is 0 Å². The predicted octanol–water partition coefficient (Wildman–Crippen LogP) is -15.1. The molecular formula is H2CeCl3O13. The van der Waals surface area contributed by atoms with Gasteiger partial charge in [0.25, 0.3) is 0 Å². The average Bonchev–Trinajstić information content (AvgIpc) is 1.41. The summed E-state index contributed by atoms with van der Waals surface area (Å²) in [4.78, 5) is 0. The molecule has 0 aromatic heterocycles. The number of rotatable bonds is 0. The maximum absolute atomic E-state index is 8.49. The third kappa shape index (κ3) is 1470. The van der Waals surface area contributed by atoms with E-state index in [0.29, 0.717) is 0 Å². The third-order valence-electron chi connectivity index (χ3n) is 0. The molecule has 0 aromatic rings. The second kappa shape index (κ2) is 12.7. The van der Waals surface area contributed by atoms with Crippen LogP contribution < -0.4 is 55.9 Å². The summed E-state index contributed by atoms with van der Waals surface area (Å²) in [5.74, 6) is 0. The molecule has 0 fully saturated rings. The molecule has 0 aliphatic rings. The largest absolute Gasteiger partial charge is 3.00 e. The molecule has 0 aliphatic carbocycles. The zero-order valence-electron chi connectivity index (χ0n) is 7.03. The van der Waals surface area contributed by atoms with Crippen molar-refractivity contribution in [3.63, 3.8) is 0 Å². The summed E-state index contributed by atoms with van der Waals surface area (Å²) in [6.45, 7) is 0. The van der Waals surface area contributed by atoms with Crippen LogP contribution in [-0.2, 0) is 0 Å². The van der Waals surface area contributed by atoms with Crippen molar-refractivity contribution in [3.8, 4) is 0 Å². The van der Waals surface area contributed by atoms with Gasteiger partial charge < -0.3 is 5.48 Å². The second-order valence-electron chi connectivity index (χ2n) is 1.13. The van der Waals surface area contributed by atoms with Crippen LogP contribution in [0.3, 0.4) is 0 Å². The van der Waals surface area contributed by atoms with E-state index in [9.17, 15) is 0 Å². The molecule has 0 heterocycles. The van der Waals surface area contributed by atoms with Gasteiger partial charge in [0.05, 0.1) is 0 Å². The normalized spacial score (nSPS) is 10.6. The Morgan fingerprint density at radius 3 is 0.353 bits per heavy atom. The van der Waals surface area contributed by atoms with Crippen LogP contribution in [0.4, 0.5) is 0 Å². The maximum Gasteiger partial charge on any atom is 3.00 e. The topological polar surface area (TPSA) is 308 Å². The summed E-state index contributed by atoms with van der Waals surface area (Å²) >= 11 is 0. The van der Waals surface area contributed by atoms with Gasteiger partial charge in [-0.2, -0.15) is 0 Å². The Morgan fingerprint density at radius 1 is 0.353 bits per heavy atom. The maximum atomic E-state index is 8.49. The minimum atomic E-state index is -4.94. The average molecular weight is 456 g/mol. The molecule has 17 heavy (non-hydrogen) atoms. The summed E-state index contributed by atoms with van der Waals surface area (Å²) in [7, 11) is -14.8. The minimum Gasteiger partial charge on any atom is -0.412 e. The van der Waals surface area contributed by atoms with E-state index >= 15 is 0 Å². The van der Waals surface area contributed by atoms with E-state index in [1.54, 1.807) is 0 Å². The van der Waals surface area contributed by atoms with E-state index in [1.165, 1.54) is 0 Å². The zero-order valence-corrected chi connectivity index (χ0v) is 12.4. The molecule has 0 aliphatic heterocycles. The van der Waals surface area contributed by atoms with Gasteiger partial charge >= 0.3 is 41.7 Å². The van der Waals surface area contributed by atoms with Gasteiger partial charge in [-0.15, -0.1) is 30.7 Å². The smallest absolute Gasteiger partial charge is 0.412 e. The molecule has 17 heteroatoms. The predicted molar refractivity (Wildman–Crippen MR) is 3.61 cm³/mol. The van der Waals surface area contributed by atoms with Crippen LogP contribution in [0.2, 0.25) is 0 Å². The summed E-state index contributed by atoms with van der Waals surface area (Å²) in [5, 5.41) is 0. The van der Waals surface area contributed by atoms with E-state index in [4.69, 9.17) is 55.9 Å². The fraction of sp³-hybridized carbons (Fsp3) is 0. The van der Waals surface area contributed by atoms with Gasteiger partial charge in [0, 0.05) is 0 Å². The van der Waals surface area contributed by atoms with Crippen molar-refractivity contribution in [2.75, 3.05) is 0 Å². The molecule has 0 unspecified atom stereocenters. The molecule has 0 spiro atoms. The van der Waals surface area contributed by atoms with Crippen molar-refractivity contribution < 1.29 is 134 Å². The van der Waals surface area contributed by atoms with Crippen molar-refractivity contribution in [2.45, 2.75) is 0 Å². The van der Waals surface area contributed by atoms with Crippen LogP contribution in [-0.4, -0.2) is 5.48 Å². The molecule has 2 N–H and O–H groups in total. The molecule has 13 nitrogen and oxygen atoms in total. The number of hydrogen-bond acceptors (Lipinski definition) is 12. The van der Waals surface area contributed by atoms with Crippen molar-refractivity contribution in [3.05, 3.63) is 0 Å². The van der Waals surface area contributed by atoms with Crippen molar-refractivity contribution in [1.82, 2.24) is 0 Å². The van der Waals surface area contributed by atoms with Crippen LogP contribution in [0.5, 0.6) is 0 Å². The van der Waals surface area contributed by atoms with Crippen LogP contribution >= 0.6 is 0 Å². The van der Waals surface area contributed by atoms with Crippen LogP contribution in [0, 0.1) is 72.5 Å². The molecular weight excluding hydrogens is 454 g/mol. The summed E-state index contributed by atoms with van der Waals surface area (Å²) in [6, 6.07) is 0. The Kier molecular flexibility index (Phi) is 23.4. The summed E-state index contributed by atoms with van der Waals surface area (Å²) < 4.78 is 102. The number of halogens is 3. The quantitative estimate of drug-likeness (QED) is 0.328. The third-order valence-corrected chi connectivity index (χ3v) is 0. The Balaban J connectivity index is -0.0000000400. The van der Waals surface area contributed by atoms with Gasteiger partial charge in [-0.25, -0.2) is 55.9 Å². The van der Waals surface area contributed by atoms with Gasteiger partial charge in [-0.3, -0.25) is 0 Å². The first-order valence-corrected chi connectivity index (χ1v) is 5.55. The van der Waals surface area contributed by atoms with Crippen molar-refractivity contribution >= 4 is 0 Å². The SMILES string of the molecule is O.[Ce+3].[O-][Cl+3]([O-])([O-])[O-].[O-][Cl+3]([O-])([O-])[O-].[O-][Cl+3]([O-])([O-])[O-]. The Hall–Kier alpha value is 1.73. The van der Waals surface area contributed by atoms with E-state index in [-0.39, 0.29) is 47.2 Å². The standard InChI is InChI=1S/Ce.3ClHO4.H2O/c;3*2-1(3,4)5;/h;3*(H,2,3,4,5);1H2/q+3;;;;/p-3. The van der Waals surface area contributed by atoms with Gasteiger partial charge in [0.15, 0.2) is 0 Å². The van der Waals surface area contributed by atoms with E-state index in [0.717, 1.165) is 0 Å². The van der Waals surface area contributed by atoms with E-state index < -0.39 is 30.7 Å². The fourth-order valence-electron chi connectivity index (χ4n) is 0. The van der Waals surface area contributed by atoms with E-state index in [2.05, 4.69) is 0 Å². The Morgan fingerprint density at radius 2 is 0.353 bits per heavy atom. The molecule has 0 atom stereocenters. The molecule has 0 amide bonds. The first-order chi connectivity index (χ1) is 6.00. The van der Waals surface area contributed by atoms with Crippen LogP contribution in [0.1, 0.15) is 0 Å². The first-order valence-electron chi connectivity index (χ1n) is 1.85. The molecule has 0 rings (SSSR count). The number of hydrogen-bond donors (Lipinski definition) is 0. The van der Waals surface area contributed by atoms with Gasteiger partial charge in [0.2, 0.25) is 0 Å². The minimum absolute atomic E-state index is 0. The molecule has 0 saturated heterocycles. The Bertz CT molecular complexity index is 91.7. The van der Waals surface area contributed by atoms with Crippen molar-refractivity contribution in [1.29, 1.82) is 0 Å².